The van der Waals surface area contributed by atoms with Crippen molar-refractivity contribution in [3.8, 4) is 5.75 Å². The molecule has 2 aromatic carbocycles. The number of phenolic OH excluding ortho intramolecular Hbond substituents is 1. The molecule has 1 N–H and O–H groups in total. The first-order valence-electron chi connectivity index (χ1n) is 7.06. The van der Waals surface area contributed by atoms with Crippen LogP contribution in [0.1, 0.15) is 42.0 Å². The average Bonchev–Trinajstić information content (AvgIpc) is 2.42. The van der Waals surface area contributed by atoms with E-state index >= 15 is 0 Å². The Hall–Kier alpha value is -1.76. The molecule has 0 spiro atoms. The van der Waals surface area contributed by atoms with E-state index in [1.807, 2.05) is 12.1 Å². The Kier molecular flexibility index (Phi) is 4.62. The molecule has 2 aromatic rings. The van der Waals surface area contributed by atoms with Crippen LogP contribution in [-0.2, 0) is 12.8 Å². The highest BCUT2D eigenvalue weighted by Crippen LogP contribution is 2.24. The first-order valence-corrected chi connectivity index (χ1v) is 7.06. The molecule has 0 saturated heterocycles. The molecular weight excluding hydrogens is 232 g/mol. The summed E-state index contributed by atoms with van der Waals surface area (Å²) in [7, 11) is 0. The van der Waals surface area contributed by atoms with Crippen molar-refractivity contribution in [3.63, 3.8) is 0 Å². The summed E-state index contributed by atoms with van der Waals surface area (Å²) in [6.07, 6.45) is 4.30. The topological polar surface area (TPSA) is 20.2 Å². The van der Waals surface area contributed by atoms with Crippen molar-refractivity contribution >= 4 is 0 Å². The number of aromatic hydroxyl groups is 1. The first-order chi connectivity index (χ1) is 9.20. The number of rotatable bonds is 5. The predicted octanol–water partition coefficient (Wildman–Crippen LogP) is 4.63. The van der Waals surface area contributed by atoms with Gasteiger partial charge in [-0.25, -0.2) is 0 Å². The van der Waals surface area contributed by atoms with Gasteiger partial charge >= 0.3 is 0 Å². The average molecular weight is 254 g/mol. The normalized spacial score (nSPS) is 10.6. The van der Waals surface area contributed by atoms with Crippen molar-refractivity contribution in [1.29, 1.82) is 0 Å². The number of benzene rings is 2. The molecule has 100 valence electrons. The molecule has 0 bridgehead atoms. The van der Waals surface area contributed by atoms with Gasteiger partial charge < -0.3 is 5.11 Å². The molecule has 0 amide bonds. The Morgan fingerprint density at radius 1 is 1.00 bits per heavy atom. The van der Waals surface area contributed by atoms with Crippen LogP contribution in [0.2, 0.25) is 0 Å². The van der Waals surface area contributed by atoms with E-state index in [4.69, 9.17) is 0 Å². The minimum atomic E-state index is 0.406. The van der Waals surface area contributed by atoms with Crippen LogP contribution in [0.5, 0.6) is 5.75 Å². The van der Waals surface area contributed by atoms with Gasteiger partial charge in [0.15, 0.2) is 0 Å². The van der Waals surface area contributed by atoms with Crippen LogP contribution in [0.25, 0.3) is 0 Å². The second kappa shape index (κ2) is 6.42. The molecule has 0 heterocycles. The van der Waals surface area contributed by atoms with Gasteiger partial charge in [0, 0.05) is 6.42 Å². The van der Waals surface area contributed by atoms with Gasteiger partial charge in [0.1, 0.15) is 5.75 Å². The van der Waals surface area contributed by atoms with Crippen molar-refractivity contribution in [2.24, 2.45) is 0 Å². The molecule has 2 rings (SSSR count). The number of unbranched alkanes of at least 4 members (excludes halogenated alkanes) is 1. The van der Waals surface area contributed by atoms with E-state index in [0.717, 1.165) is 18.4 Å². The van der Waals surface area contributed by atoms with Gasteiger partial charge in [-0.1, -0.05) is 49.7 Å². The Balaban J connectivity index is 2.21. The fourth-order valence-electron chi connectivity index (χ4n) is 2.33. The summed E-state index contributed by atoms with van der Waals surface area (Å²) in [5.41, 5.74) is 4.91. The van der Waals surface area contributed by atoms with Gasteiger partial charge in [-0.15, -0.1) is 0 Å². The van der Waals surface area contributed by atoms with E-state index in [1.165, 1.54) is 29.5 Å². The highest BCUT2D eigenvalue weighted by atomic mass is 16.3. The van der Waals surface area contributed by atoms with E-state index < -0.39 is 0 Å². The molecule has 0 fully saturated rings. The quantitative estimate of drug-likeness (QED) is 0.824. The van der Waals surface area contributed by atoms with Gasteiger partial charge in [-0.2, -0.15) is 0 Å². The zero-order valence-electron chi connectivity index (χ0n) is 11.8. The van der Waals surface area contributed by atoms with Crippen molar-refractivity contribution in [1.82, 2.24) is 0 Å². The standard InChI is InChI=1S/C18H22O/c1-3-4-8-15-10-11-18(19)17(12-15)13-16-9-6-5-7-14(16)2/h5-7,9-12,19H,3-4,8,13H2,1-2H3. The van der Waals surface area contributed by atoms with Crippen LogP contribution in [0, 0.1) is 6.92 Å². The number of hydrogen-bond acceptors (Lipinski definition) is 1. The number of aryl methyl sites for hydroxylation is 2. The zero-order chi connectivity index (χ0) is 13.7. The summed E-state index contributed by atoms with van der Waals surface area (Å²) in [4.78, 5) is 0. The maximum Gasteiger partial charge on any atom is 0.119 e. The van der Waals surface area contributed by atoms with Gasteiger partial charge in [0.25, 0.3) is 0 Å². The Bertz CT molecular complexity index is 543. The van der Waals surface area contributed by atoms with Crippen molar-refractivity contribution < 1.29 is 5.11 Å². The van der Waals surface area contributed by atoms with E-state index in [1.54, 1.807) is 0 Å². The second-order valence-corrected chi connectivity index (χ2v) is 5.17. The minimum Gasteiger partial charge on any atom is -0.508 e. The number of hydrogen-bond donors (Lipinski definition) is 1. The lowest BCUT2D eigenvalue weighted by molar-refractivity contribution is 0.469. The summed E-state index contributed by atoms with van der Waals surface area (Å²) in [6.45, 7) is 4.32. The summed E-state index contributed by atoms with van der Waals surface area (Å²) >= 11 is 0. The van der Waals surface area contributed by atoms with Crippen LogP contribution in [-0.4, -0.2) is 5.11 Å². The lowest BCUT2D eigenvalue weighted by Gasteiger charge is -2.10. The number of phenols is 1. The molecule has 1 heteroatoms. The molecule has 19 heavy (non-hydrogen) atoms. The highest BCUT2D eigenvalue weighted by molar-refractivity contribution is 5.41. The van der Waals surface area contributed by atoms with E-state index in [-0.39, 0.29) is 0 Å². The van der Waals surface area contributed by atoms with E-state index in [9.17, 15) is 5.11 Å². The van der Waals surface area contributed by atoms with Crippen LogP contribution in [0.4, 0.5) is 0 Å². The third-order valence-electron chi connectivity index (χ3n) is 3.61. The van der Waals surface area contributed by atoms with Crippen LogP contribution in [0.15, 0.2) is 42.5 Å². The van der Waals surface area contributed by atoms with Crippen LogP contribution in [0.3, 0.4) is 0 Å². The maximum atomic E-state index is 10.0. The molecule has 0 aliphatic rings. The smallest absolute Gasteiger partial charge is 0.119 e. The van der Waals surface area contributed by atoms with Gasteiger partial charge in [0.2, 0.25) is 0 Å². The third-order valence-corrected chi connectivity index (χ3v) is 3.61. The predicted molar refractivity (Wildman–Crippen MR) is 80.7 cm³/mol. The van der Waals surface area contributed by atoms with E-state index in [2.05, 4.69) is 44.2 Å². The van der Waals surface area contributed by atoms with Crippen molar-refractivity contribution in [3.05, 3.63) is 64.7 Å². The SMILES string of the molecule is CCCCc1ccc(O)c(Cc2ccccc2C)c1. The molecular formula is C18H22O. The zero-order valence-corrected chi connectivity index (χ0v) is 11.8. The molecule has 1 nitrogen and oxygen atoms in total. The highest BCUT2D eigenvalue weighted by Gasteiger charge is 2.06. The Labute approximate surface area is 115 Å². The summed E-state index contributed by atoms with van der Waals surface area (Å²) in [5.74, 6) is 0.406. The van der Waals surface area contributed by atoms with Gasteiger partial charge in [-0.3, -0.25) is 0 Å². The van der Waals surface area contributed by atoms with E-state index in [0.29, 0.717) is 5.75 Å². The lowest BCUT2D eigenvalue weighted by atomic mass is 9.97. The molecule has 0 saturated carbocycles. The second-order valence-electron chi connectivity index (χ2n) is 5.17. The fraction of sp³-hybridized carbons (Fsp3) is 0.333. The molecule has 0 aliphatic heterocycles. The van der Waals surface area contributed by atoms with Gasteiger partial charge in [0.05, 0.1) is 0 Å². The largest absolute Gasteiger partial charge is 0.508 e. The van der Waals surface area contributed by atoms with Crippen molar-refractivity contribution in [2.75, 3.05) is 0 Å². The van der Waals surface area contributed by atoms with Crippen LogP contribution < -0.4 is 0 Å². The maximum absolute atomic E-state index is 10.0. The Morgan fingerprint density at radius 2 is 1.79 bits per heavy atom. The monoisotopic (exact) mass is 254 g/mol. The molecule has 0 atom stereocenters. The first kappa shape index (κ1) is 13.7. The van der Waals surface area contributed by atoms with Crippen LogP contribution >= 0.6 is 0 Å². The third kappa shape index (κ3) is 3.60. The lowest BCUT2D eigenvalue weighted by Crippen LogP contribution is -1.94. The molecule has 0 radical (unpaired) electrons. The molecule has 0 aliphatic carbocycles. The summed E-state index contributed by atoms with van der Waals surface area (Å²) < 4.78 is 0. The molecule has 0 unspecified atom stereocenters. The summed E-state index contributed by atoms with van der Waals surface area (Å²) in [6, 6.07) is 14.4. The Morgan fingerprint density at radius 3 is 2.53 bits per heavy atom. The van der Waals surface area contributed by atoms with Crippen molar-refractivity contribution in [2.45, 2.75) is 39.5 Å². The minimum absolute atomic E-state index is 0.406. The fourth-order valence-corrected chi connectivity index (χ4v) is 2.33. The summed E-state index contributed by atoms with van der Waals surface area (Å²) in [5, 5.41) is 10.0. The van der Waals surface area contributed by atoms with Gasteiger partial charge in [-0.05, 0) is 48.1 Å². The molecule has 0 aromatic heterocycles.